The fraction of sp³-hybridized carbons (Fsp3) is 0.583. The van der Waals surface area contributed by atoms with Crippen LogP contribution < -0.4 is 10.2 Å². The first-order chi connectivity index (χ1) is 8.60. The Morgan fingerprint density at radius 3 is 2.89 bits per heavy atom. The lowest BCUT2D eigenvalue weighted by atomic mass is 10.3. The third-order valence-corrected chi connectivity index (χ3v) is 3.39. The van der Waals surface area contributed by atoms with E-state index in [0.717, 1.165) is 16.2 Å². The molecule has 0 unspecified atom stereocenters. The highest BCUT2D eigenvalue weighted by atomic mass is 79.9. The molecule has 0 saturated heterocycles. The molecule has 1 aromatic rings. The van der Waals surface area contributed by atoms with E-state index in [4.69, 9.17) is 0 Å². The number of hydrogen-bond acceptors (Lipinski definition) is 4. The smallest absolute Gasteiger partial charge is 0.221 e. The van der Waals surface area contributed by atoms with Crippen LogP contribution in [0.3, 0.4) is 0 Å². The summed E-state index contributed by atoms with van der Waals surface area (Å²) in [6, 6.07) is 1.88. The van der Waals surface area contributed by atoms with Crippen molar-refractivity contribution < 1.29 is 4.79 Å². The molecule has 98 valence electrons. The van der Waals surface area contributed by atoms with Crippen molar-refractivity contribution in [3.63, 3.8) is 0 Å². The average molecular weight is 313 g/mol. The first kappa shape index (κ1) is 13.3. The molecule has 1 N–H and O–H groups in total. The maximum Gasteiger partial charge on any atom is 0.221 e. The number of anilines is 1. The SMILES string of the molecule is CNC(=O)CCN(C)c1cc(Br)nc(C2CC2)n1. The number of carbonyl (C=O) groups excluding carboxylic acids is 1. The molecule has 2 rings (SSSR count). The van der Waals surface area contributed by atoms with Crippen molar-refractivity contribution in [1.29, 1.82) is 0 Å². The topological polar surface area (TPSA) is 58.1 Å². The number of aromatic nitrogens is 2. The number of halogens is 1. The Bertz CT molecular complexity index is 448. The number of hydrogen-bond donors (Lipinski definition) is 1. The van der Waals surface area contributed by atoms with Gasteiger partial charge in [-0.05, 0) is 28.8 Å². The third kappa shape index (κ3) is 3.41. The Labute approximate surface area is 115 Å². The van der Waals surface area contributed by atoms with Crippen molar-refractivity contribution >= 4 is 27.7 Å². The van der Waals surface area contributed by atoms with Crippen LogP contribution in [0.25, 0.3) is 0 Å². The molecule has 1 heterocycles. The maximum atomic E-state index is 11.2. The molecule has 0 radical (unpaired) electrons. The molecule has 0 aliphatic heterocycles. The number of carbonyl (C=O) groups is 1. The van der Waals surface area contributed by atoms with E-state index >= 15 is 0 Å². The Hall–Kier alpha value is -1.17. The van der Waals surface area contributed by atoms with Crippen LogP contribution in [0, 0.1) is 0 Å². The van der Waals surface area contributed by atoms with Crippen LogP contribution in [0.5, 0.6) is 0 Å². The highest BCUT2D eigenvalue weighted by Gasteiger charge is 2.27. The minimum atomic E-state index is 0.0392. The minimum absolute atomic E-state index is 0.0392. The van der Waals surface area contributed by atoms with Gasteiger partial charge in [-0.1, -0.05) is 0 Å². The second-order valence-corrected chi connectivity index (χ2v) is 5.34. The van der Waals surface area contributed by atoms with E-state index in [1.165, 1.54) is 12.8 Å². The molecule has 6 heteroatoms. The normalized spacial score (nSPS) is 14.4. The monoisotopic (exact) mass is 312 g/mol. The minimum Gasteiger partial charge on any atom is -0.359 e. The van der Waals surface area contributed by atoms with Crippen molar-refractivity contribution in [1.82, 2.24) is 15.3 Å². The van der Waals surface area contributed by atoms with Gasteiger partial charge in [-0.2, -0.15) is 0 Å². The van der Waals surface area contributed by atoms with E-state index < -0.39 is 0 Å². The highest BCUT2D eigenvalue weighted by Crippen LogP contribution is 2.39. The molecule has 1 aliphatic rings. The van der Waals surface area contributed by atoms with Gasteiger partial charge < -0.3 is 10.2 Å². The Morgan fingerprint density at radius 1 is 1.56 bits per heavy atom. The Kier molecular flexibility index (Phi) is 4.16. The van der Waals surface area contributed by atoms with Crippen molar-refractivity contribution in [2.75, 3.05) is 25.5 Å². The fourth-order valence-corrected chi connectivity index (χ4v) is 2.04. The second-order valence-electron chi connectivity index (χ2n) is 4.53. The molecule has 0 atom stereocenters. The van der Waals surface area contributed by atoms with E-state index in [-0.39, 0.29) is 5.91 Å². The van der Waals surface area contributed by atoms with Gasteiger partial charge in [-0.3, -0.25) is 4.79 Å². The van der Waals surface area contributed by atoms with Crippen LogP contribution in [0.1, 0.15) is 31.0 Å². The average Bonchev–Trinajstić information content (AvgIpc) is 3.18. The number of nitrogens with one attached hydrogen (secondary N) is 1. The molecular formula is C12H17BrN4O. The van der Waals surface area contributed by atoms with Gasteiger partial charge in [0.2, 0.25) is 5.91 Å². The zero-order valence-electron chi connectivity index (χ0n) is 10.6. The lowest BCUT2D eigenvalue weighted by Crippen LogP contribution is -2.27. The van der Waals surface area contributed by atoms with Gasteiger partial charge in [0.25, 0.3) is 0 Å². The van der Waals surface area contributed by atoms with Crippen molar-refractivity contribution in [3.05, 3.63) is 16.5 Å². The molecule has 1 aromatic heterocycles. The summed E-state index contributed by atoms with van der Waals surface area (Å²) in [4.78, 5) is 22.1. The summed E-state index contributed by atoms with van der Waals surface area (Å²) in [5.41, 5.74) is 0. The fourth-order valence-electron chi connectivity index (χ4n) is 1.65. The first-order valence-electron chi connectivity index (χ1n) is 6.06. The van der Waals surface area contributed by atoms with Gasteiger partial charge >= 0.3 is 0 Å². The maximum absolute atomic E-state index is 11.2. The third-order valence-electron chi connectivity index (χ3n) is 2.99. The van der Waals surface area contributed by atoms with Crippen molar-refractivity contribution in [3.8, 4) is 0 Å². The molecule has 18 heavy (non-hydrogen) atoms. The van der Waals surface area contributed by atoms with E-state index in [9.17, 15) is 4.79 Å². The number of rotatable bonds is 5. The summed E-state index contributed by atoms with van der Waals surface area (Å²) in [6.07, 6.45) is 2.82. The van der Waals surface area contributed by atoms with Gasteiger partial charge in [-0.15, -0.1) is 0 Å². The molecule has 5 nitrogen and oxygen atoms in total. The molecule has 1 aliphatic carbocycles. The largest absolute Gasteiger partial charge is 0.359 e. The second kappa shape index (κ2) is 5.65. The molecule has 1 fully saturated rings. The van der Waals surface area contributed by atoms with Crippen LogP contribution in [0.2, 0.25) is 0 Å². The van der Waals surface area contributed by atoms with E-state index in [2.05, 4.69) is 31.2 Å². The molecular weight excluding hydrogens is 296 g/mol. The Morgan fingerprint density at radius 2 is 2.28 bits per heavy atom. The van der Waals surface area contributed by atoms with Crippen LogP contribution in [-0.4, -0.2) is 36.5 Å². The molecule has 0 spiro atoms. The van der Waals surface area contributed by atoms with Crippen LogP contribution >= 0.6 is 15.9 Å². The van der Waals surface area contributed by atoms with Gasteiger partial charge in [0.05, 0.1) is 0 Å². The molecule has 1 saturated carbocycles. The quantitative estimate of drug-likeness (QED) is 0.841. The standard InChI is InChI=1S/C12H17BrN4O/c1-14-11(18)5-6-17(2)10-7-9(13)15-12(16-10)8-3-4-8/h7-8H,3-6H2,1-2H3,(H,14,18). The molecule has 0 aromatic carbocycles. The molecule has 0 bridgehead atoms. The lowest BCUT2D eigenvalue weighted by Gasteiger charge is -2.18. The predicted octanol–water partition coefficient (Wildman–Crippen LogP) is 1.69. The number of nitrogens with zero attached hydrogens (tertiary/aromatic N) is 3. The summed E-state index contributed by atoms with van der Waals surface area (Å²) >= 11 is 3.41. The lowest BCUT2D eigenvalue weighted by molar-refractivity contribution is -0.120. The summed E-state index contributed by atoms with van der Waals surface area (Å²) in [5, 5.41) is 2.62. The van der Waals surface area contributed by atoms with Gasteiger partial charge in [0, 0.05) is 39.0 Å². The van der Waals surface area contributed by atoms with Crippen LogP contribution in [0.4, 0.5) is 5.82 Å². The van der Waals surface area contributed by atoms with Crippen LogP contribution in [0.15, 0.2) is 10.7 Å². The molecule has 1 amide bonds. The summed E-state index contributed by atoms with van der Waals surface area (Å²) < 4.78 is 0.807. The zero-order chi connectivity index (χ0) is 13.1. The van der Waals surface area contributed by atoms with E-state index in [0.29, 0.717) is 18.9 Å². The summed E-state index contributed by atoms with van der Waals surface area (Å²) in [5.74, 6) is 2.33. The zero-order valence-corrected chi connectivity index (χ0v) is 12.2. The number of amides is 1. The van der Waals surface area contributed by atoms with Gasteiger partial charge in [0.15, 0.2) is 0 Å². The Balaban J connectivity index is 2.04. The van der Waals surface area contributed by atoms with Crippen LogP contribution in [-0.2, 0) is 4.79 Å². The van der Waals surface area contributed by atoms with Crippen molar-refractivity contribution in [2.24, 2.45) is 0 Å². The highest BCUT2D eigenvalue weighted by molar-refractivity contribution is 9.10. The van der Waals surface area contributed by atoms with Gasteiger partial charge in [-0.25, -0.2) is 9.97 Å². The van der Waals surface area contributed by atoms with E-state index in [1.807, 2.05) is 18.0 Å². The van der Waals surface area contributed by atoms with Crippen molar-refractivity contribution in [2.45, 2.75) is 25.2 Å². The summed E-state index contributed by atoms with van der Waals surface area (Å²) in [6.45, 7) is 0.646. The summed E-state index contributed by atoms with van der Waals surface area (Å²) in [7, 11) is 3.59. The van der Waals surface area contributed by atoms with E-state index in [1.54, 1.807) is 7.05 Å². The first-order valence-corrected chi connectivity index (χ1v) is 6.85. The predicted molar refractivity (Wildman–Crippen MR) is 73.7 cm³/mol. The van der Waals surface area contributed by atoms with Gasteiger partial charge in [0.1, 0.15) is 16.2 Å².